The first-order valence-electron chi connectivity index (χ1n) is 10.1. The Kier molecular flexibility index (Phi) is 12.0. The maximum absolute atomic E-state index is 11.4. The van der Waals surface area contributed by atoms with Gasteiger partial charge in [-0.3, -0.25) is 10.1 Å². The van der Waals surface area contributed by atoms with Crippen molar-refractivity contribution >= 4 is 0 Å². The quantitative estimate of drug-likeness (QED) is 0.227. The summed E-state index contributed by atoms with van der Waals surface area (Å²) in [6, 6.07) is 8.85. The standard InChI is InChI=1S/C21H36N2O2/c1-3-5-7-8-12-18-22(17-6-4-2)19-13-16-21(23(24)25)20-14-10-9-11-15-20/h9-11,14-15,21H,3-8,12-13,16-19H2,1-2H3. The summed E-state index contributed by atoms with van der Waals surface area (Å²) in [5.74, 6) is 0. The minimum Gasteiger partial charge on any atom is -0.303 e. The Morgan fingerprint density at radius 3 is 2.12 bits per heavy atom. The van der Waals surface area contributed by atoms with E-state index in [1.54, 1.807) is 0 Å². The van der Waals surface area contributed by atoms with Crippen molar-refractivity contribution in [3.8, 4) is 0 Å². The van der Waals surface area contributed by atoms with E-state index in [0.29, 0.717) is 6.42 Å². The van der Waals surface area contributed by atoms with Crippen molar-refractivity contribution in [1.29, 1.82) is 0 Å². The molecule has 142 valence electrons. The van der Waals surface area contributed by atoms with E-state index in [9.17, 15) is 10.1 Å². The zero-order valence-electron chi connectivity index (χ0n) is 16.2. The van der Waals surface area contributed by atoms with Gasteiger partial charge in [-0.05, 0) is 38.9 Å². The smallest absolute Gasteiger partial charge is 0.238 e. The van der Waals surface area contributed by atoms with E-state index in [1.807, 2.05) is 30.3 Å². The first kappa shape index (κ1) is 21.6. The Morgan fingerprint density at radius 2 is 1.48 bits per heavy atom. The predicted octanol–water partition coefficient (Wildman–Crippen LogP) is 5.86. The molecule has 1 aromatic rings. The molecule has 0 N–H and O–H groups in total. The van der Waals surface area contributed by atoms with E-state index in [2.05, 4.69) is 18.7 Å². The van der Waals surface area contributed by atoms with Gasteiger partial charge in [-0.1, -0.05) is 76.3 Å². The van der Waals surface area contributed by atoms with Crippen LogP contribution in [0, 0.1) is 10.1 Å². The van der Waals surface area contributed by atoms with Crippen LogP contribution in [-0.4, -0.2) is 29.5 Å². The predicted molar refractivity (Wildman–Crippen MR) is 106 cm³/mol. The summed E-state index contributed by atoms with van der Waals surface area (Å²) in [6.45, 7) is 7.70. The fraction of sp³-hybridized carbons (Fsp3) is 0.714. The van der Waals surface area contributed by atoms with Crippen LogP contribution >= 0.6 is 0 Å². The van der Waals surface area contributed by atoms with Gasteiger partial charge in [0.2, 0.25) is 6.04 Å². The molecule has 0 aliphatic heterocycles. The SMILES string of the molecule is CCCCCCCN(CCCC)CCCC(c1ccccc1)[N+](=O)[O-]. The van der Waals surface area contributed by atoms with Crippen LogP contribution in [0.1, 0.15) is 83.2 Å². The second-order valence-electron chi connectivity index (χ2n) is 6.96. The van der Waals surface area contributed by atoms with Crippen LogP contribution in [0.15, 0.2) is 30.3 Å². The molecule has 0 aromatic heterocycles. The lowest BCUT2D eigenvalue weighted by atomic mass is 10.0. The van der Waals surface area contributed by atoms with Gasteiger partial charge in [0.25, 0.3) is 0 Å². The van der Waals surface area contributed by atoms with Crippen LogP contribution in [0.3, 0.4) is 0 Å². The Morgan fingerprint density at radius 1 is 0.880 bits per heavy atom. The molecule has 1 aromatic carbocycles. The highest BCUT2D eigenvalue weighted by Gasteiger charge is 2.22. The third kappa shape index (κ3) is 9.59. The summed E-state index contributed by atoms with van der Waals surface area (Å²) in [5, 5.41) is 11.4. The van der Waals surface area contributed by atoms with Gasteiger partial charge in [-0.25, -0.2) is 0 Å². The van der Waals surface area contributed by atoms with Gasteiger partial charge in [0.1, 0.15) is 0 Å². The number of unbranched alkanes of at least 4 members (excludes halogenated alkanes) is 5. The molecule has 0 bridgehead atoms. The minimum absolute atomic E-state index is 0.129. The van der Waals surface area contributed by atoms with E-state index in [-0.39, 0.29) is 4.92 Å². The molecule has 0 heterocycles. The number of nitro groups is 1. The molecular weight excluding hydrogens is 312 g/mol. The average molecular weight is 349 g/mol. The van der Waals surface area contributed by atoms with Crippen molar-refractivity contribution in [1.82, 2.24) is 4.90 Å². The molecule has 0 fully saturated rings. The van der Waals surface area contributed by atoms with E-state index < -0.39 is 6.04 Å². The van der Waals surface area contributed by atoms with Crippen molar-refractivity contribution in [3.05, 3.63) is 46.0 Å². The molecule has 4 nitrogen and oxygen atoms in total. The Balaban J connectivity index is 2.41. The number of nitrogens with zero attached hydrogens (tertiary/aromatic N) is 2. The second kappa shape index (κ2) is 13.8. The zero-order chi connectivity index (χ0) is 18.3. The number of benzene rings is 1. The minimum atomic E-state index is -0.571. The topological polar surface area (TPSA) is 46.4 Å². The van der Waals surface area contributed by atoms with Gasteiger partial charge in [0.05, 0.1) is 0 Å². The normalized spacial score (nSPS) is 12.4. The number of rotatable bonds is 15. The lowest BCUT2D eigenvalue weighted by Crippen LogP contribution is -2.28. The molecule has 0 radical (unpaired) electrons. The summed E-state index contributed by atoms with van der Waals surface area (Å²) in [7, 11) is 0. The van der Waals surface area contributed by atoms with Crippen molar-refractivity contribution < 1.29 is 4.92 Å². The zero-order valence-corrected chi connectivity index (χ0v) is 16.2. The maximum Gasteiger partial charge on any atom is 0.238 e. The molecule has 0 saturated heterocycles. The second-order valence-corrected chi connectivity index (χ2v) is 6.96. The van der Waals surface area contributed by atoms with Crippen LogP contribution in [0.5, 0.6) is 0 Å². The highest BCUT2D eigenvalue weighted by molar-refractivity contribution is 5.17. The summed E-state index contributed by atoms with van der Waals surface area (Å²) >= 11 is 0. The fourth-order valence-electron chi connectivity index (χ4n) is 3.23. The number of hydrogen-bond acceptors (Lipinski definition) is 3. The van der Waals surface area contributed by atoms with Crippen LogP contribution < -0.4 is 0 Å². The lowest BCUT2D eigenvalue weighted by molar-refractivity contribution is -0.530. The highest BCUT2D eigenvalue weighted by atomic mass is 16.6. The third-order valence-electron chi connectivity index (χ3n) is 4.80. The highest BCUT2D eigenvalue weighted by Crippen LogP contribution is 2.22. The summed E-state index contributed by atoms with van der Waals surface area (Å²) < 4.78 is 0. The summed E-state index contributed by atoms with van der Waals surface area (Å²) in [6.07, 6.45) is 10.4. The molecule has 0 aliphatic carbocycles. The van der Waals surface area contributed by atoms with Gasteiger partial charge in [0.15, 0.2) is 0 Å². The van der Waals surface area contributed by atoms with Gasteiger partial charge >= 0.3 is 0 Å². The van der Waals surface area contributed by atoms with Crippen LogP contribution in [-0.2, 0) is 0 Å². The molecule has 1 atom stereocenters. The van der Waals surface area contributed by atoms with Crippen molar-refractivity contribution in [3.63, 3.8) is 0 Å². The van der Waals surface area contributed by atoms with Crippen LogP contribution in [0.2, 0.25) is 0 Å². The Hall–Kier alpha value is -1.42. The van der Waals surface area contributed by atoms with Gasteiger partial charge in [-0.2, -0.15) is 0 Å². The lowest BCUT2D eigenvalue weighted by Gasteiger charge is -2.22. The molecule has 25 heavy (non-hydrogen) atoms. The Bertz CT molecular complexity index is 450. The van der Waals surface area contributed by atoms with E-state index >= 15 is 0 Å². The van der Waals surface area contributed by atoms with Gasteiger partial charge in [0, 0.05) is 16.9 Å². The average Bonchev–Trinajstić information content (AvgIpc) is 2.62. The molecule has 1 unspecified atom stereocenters. The van der Waals surface area contributed by atoms with Crippen molar-refractivity contribution in [2.75, 3.05) is 19.6 Å². The maximum atomic E-state index is 11.4. The molecular formula is C21H36N2O2. The first-order valence-corrected chi connectivity index (χ1v) is 10.1. The van der Waals surface area contributed by atoms with Gasteiger partial charge < -0.3 is 4.90 Å². The van der Waals surface area contributed by atoms with Crippen molar-refractivity contribution in [2.24, 2.45) is 0 Å². The van der Waals surface area contributed by atoms with Crippen LogP contribution in [0.25, 0.3) is 0 Å². The van der Waals surface area contributed by atoms with E-state index in [4.69, 9.17) is 0 Å². The molecule has 0 saturated carbocycles. The monoisotopic (exact) mass is 348 g/mol. The molecule has 0 amide bonds. The molecule has 4 heteroatoms. The Labute approximate surface area is 153 Å². The fourth-order valence-corrected chi connectivity index (χ4v) is 3.23. The first-order chi connectivity index (χ1) is 12.2. The van der Waals surface area contributed by atoms with E-state index in [0.717, 1.165) is 31.6 Å². The molecule has 0 spiro atoms. The van der Waals surface area contributed by atoms with Gasteiger partial charge in [-0.15, -0.1) is 0 Å². The third-order valence-corrected chi connectivity index (χ3v) is 4.80. The number of hydrogen-bond donors (Lipinski definition) is 0. The summed E-state index contributed by atoms with van der Waals surface area (Å²) in [5.41, 5.74) is 0.826. The van der Waals surface area contributed by atoms with Crippen molar-refractivity contribution in [2.45, 2.75) is 77.7 Å². The largest absolute Gasteiger partial charge is 0.303 e. The molecule has 1 rings (SSSR count). The molecule has 0 aliphatic rings. The van der Waals surface area contributed by atoms with Crippen LogP contribution in [0.4, 0.5) is 0 Å². The van der Waals surface area contributed by atoms with E-state index in [1.165, 1.54) is 44.9 Å². The summed E-state index contributed by atoms with van der Waals surface area (Å²) in [4.78, 5) is 13.8.